The van der Waals surface area contributed by atoms with Gasteiger partial charge in [-0.05, 0) is 32.8 Å². The molecule has 314 valence electrons. The summed E-state index contributed by atoms with van der Waals surface area (Å²) in [6.45, 7) is -2.33. The molecule has 5 N–H and O–H groups in total. The molecule has 0 radical (unpaired) electrons. The molecule has 25 heteroatoms. The second kappa shape index (κ2) is 17.3. The Kier molecular flexibility index (Phi) is 12.8. The number of hydrogen-bond acceptors (Lipinski definition) is 13. The van der Waals surface area contributed by atoms with Crippen LogP contribution in [0, 0.1) is 11.6 Å². The van der Waals surface area contributed by atoms with Crippen molar-refractivity contribution >= 4 is 49.5 Å². The Bertz CT molecular complexity index is 2160. The number of benzene rings is 1. The summed E-state index contributed by atoms with van der Waals surface area (Å²) in [5, 5.41) is 25.4. The Hall–Kier alpha value is -5.97. The lowest BCUT2D eigenvalue weighted by Gasteiger charge is -2.42. The number of amides is 4. The fraction of sp³-hybridized carbons (Fsp3) is 0.455. The minimum atomic E-state index is -5.11. The molecule has 2 aromatic rings. The fourth-order valence-corrected chi connectivity index (χ4v) is 6.92. The van der Waals surface area contributed by atoms with E-state index in [9.17, 15) is 57.1 Å². The summed E-state index contributed by atoms with van der Waals surface area (Å²) >= 11 is 0. The lowest BCUT2D eigenvalue weighted by atomic mass is 9.84. The average Bonchev–Trinajstić information content (AvgIpc) is 3.46. The van der Waals surface area contributed by atoms with Gasteiger partial charge < -0.3 is 49.1 Å². The van der Waals surface area contributed by atoms with Gasteiger partial charge in [0.1, 0.15) is 30.3 Å². The highest BCUT2D eigenvalue weighted by atomic mass is 31.2. The number of oxime groups is 1. The van der Waals surface area contributed by atoms with E-state index < -0.39 is 135 Å². The first kappa shape index (κ1) is 43.2. The van der Waals surface area contributed by atoms with Gasteiger partial charge in [0.05, 0.1) is 11.8 Å². The third kappa shape index (κ3) is 9.76. The van der Waals surface area contributed by atoms with Crippen LogP contribution in [0.4, 0.5) is 18.4 Å². The normalized spacial score (nSPS) is 19.7. The summed E-state index contributed by atoms with van der Waals surface area (Å²) in [7, 11) is -5.11. The van der Waals surface area contributed by atoms with Crippen molar-refractivity contribution in [3.63, 3.8) is 0 Å². The molecule has 0 aliphatic carbocycles. The maximum atomic E-state index is 14.4. The molecular formula is C33H37F2N6O16P. The minimum absolute atomic E-state index is 0.00619. The number of aromatic nitrogens is 1. The molecule has 1 fully saturated rings. The van der Waals surface area contributed by atoms with Crippen molar-refractivity contribution in [2.75, 3.05) is 39.5 Å². The molecule has 2 bridgehead atoms. The quantitative estimate of drug-likeness (QED) is 0.132. The largest absolute Gasteiger partial charge is 0.480 e. The molecule has 3 aliphatic rings. The lowest BCUT2D eigenvalue weighted by Crippen LogP contribution is -2.53. The molecule has 4 heterocycles. The van der Waals surface area contributed by atoms with Crippen LogP contribution >= 0.6 is 7.82 Å². The number of hydrogen-bond donors (Lipinski definition) is 5. The van der Waals surface area contributed by atoms with Gasteiger partial charge in [0.2, 0.25) is 18.0 Å². The van der Waals surface area contributed by atoms with Crippen LogP contribution < -0.4 is 15.5 Å². The molecule has 5 rings (SSSR count). The van der Waals surface area contributed by atoms with Crippen molar-refractivity contribution in [1.29, 1.82) is 0 Å². The highest BCUT2D eigenvalue weighted by molar-refractivity contribution is 7.46. The summed E-state index contributed by atoms with van der Waals surface area (Å²) in [5.41, 5.74) is -3.23. The topological polar surface area (TPSA) is 293 Å². The van der Waals surface area contributed by atoms with E-state index in [1.165, 1.54) is 9.47 Å². The van der Waals surface area contributed by atoms with Crippen LogP contribution in [0.5, 0.6) is 5.75 Å². The van der Waals surface area contributed by atoms with E-state index in [2.05, 4.69) is 19.7 Å². The van der Waals surface area contributed by atoms with E-state index in [-0.39, 0.29) is 18.5 Å². The van der Waals surface area contributed by atoms with Gasteiger partial charge in [-0.2, -0.15) is 0 Å². The monoisotopic (exact) mass is 842 g/mol. The molecule has 1 saturated heterocycles. The number of pyridine rings is 1. The number of phosphoric ester groups is 1. The van der Waals surface area contributed by atoms with Crippen molar-refractivity contribution in [2.24, 2.45) is 5.16 Å². The number of nitrogens with one attached hydrogen (secondary N) is 1. The molecular weight excluding hydrogens is 805 g/mol. The number of phosphoric acid groups is 1. The number of carbonyl (C=O) groups is 6. The number of ether oxygens (including phenoxy) is 2. The summed E-state index contributed by atoms with van der Waals surface area (Å²) in [5.74, 6) is -8.13. The number of carboxylic acids is 2. The Balaban J connectivity index is 1.54. The van der Waals surface area contributed by atoms with E-state index in [0.717, 1.165) is 18.3 Å². The Morgan fingerprint density at radius 3 is 2.31 bits per heavy atom. The van der Waals surface area contributed by atoms with Gasteiger partial charge in [0, 0.05) is 56.5 Å². The summed E-state index contributed by atoms with van der Waals surface area (Å²) in [6.07, 6.45) is -1.04. The van der Waals surface area contributed by atoms with E-state index in [1.54, 1.807) is 13.8 Å². The van der Waals surface area contributed by atoms with Gasteiger partial charge in [0.15, 0.2) is 11.3 Å². The van der Waals surface area contributed by atoms with Gasteiger partial charge >= 0.3 is 31.9 Å². The molecule has 0 unspecified atom stereocenters. The predicted molar refractivity (Wildman–Crippen MR) is 187 cm³/mol. The van der Waals surface area contributed by atoms with E-state index in [0.29, 0.717) is 34.4 Å². The van der Waals surface area contributed by atoms with Crippen LogP contribution in [0.25, 0.3) is 0 Å². The van der Waals surface area contributed by atoms with Gasteiger partial charge in [-0.25, -0.2) is 27.5 Å². The maximum Gasteiger partial charge on any atom is 0.472 e. The molecule has 3 atom stereocenters. The Morgan fingerprint density at radius 2 is 1.72 bits per heavy atom. The molecule has 1 aromatic carbocycles. The molecule has 22 nitrogen and oxygen atoms in total. The van der Waals surface area contributed by atoms with Crippen LogP contribution in [-0.4, -0.2) is 132 Å². The number of aliphatic carboxylic acids is 2. The number of halogens is 2. The van der Waals surface area contributed by atoms with Crippen LogP contribution in [0.2, 0.25) is 0 Å². The average molecular weight is 843 g/mol. The van der Waals surface area contributed by atoms with Crippen LogP contribution in [0.1, 0.15) is 65.6 Å². The highest BCUT2D eigenvalue weighted by Crippen LogP contribution is 2.46. The predicted octanol–water partition coefficient (Wildman–Crippen LogP) is 1.25. The SMILES string of the molecule is CC1=NO[C@@]2(CC[C@H](C)N3C[C@H]2n2cc(C(=O)NCc4ccc(F)cc4F)c(=O)c(OC(=O)N(CCN(CC(=O)O)C(=O)OCOP(=O)(O)O)CC(=O)O)c2C3=O)C1. The standard InChI is InChI=1S/C33H37F2N6O16P/c1-17-10-33(57-37-17)6-5-18(2)40-13-23(33)41-12-21(29(47)36-11-19-3-4-20(34)9-22(19)35)27(46)28(26(41)30(40)48)56-32(50)39(15-25(44)45)8-7-38(14-24(42)43)31(49)54-16-55-58(51,52)53/h3-4,9,12,18,23H,5-8,10-11,13-16H2,1-2H3,(H,36,47)(H,42,43)(H,44,45)(H2,51,52,53)/t18-,23+,33-/m0/s1. The molecule has 1 aromatic heterocycles. The maximum absolute atomic E-state index is 14.4. The second-order valence-electron chi connectivity index (χ2n) is 13.5. The zero-order valence-electron chi connectivity index (χ0n) is 30.7. The highest BCUT2D eigenvalue weighted by Gasteiger charge is 2.54. The van der Waals surface area contributed by atoms with Crippen molar-refractivity contribution in [3.05, 3.63) is 63.1 Å². The van der Waals surface area contributed by atoms with E-state index in [1.807, 2.05) is 0 Å². The van der Waals surface area contributed by atoms with E-state index >= 15 is 0 Å². The minimum Gasteiger partial charge on any atom is -0.480 e. The molecule has 3 aliphatic heterocycles. The van der Waals surface area contributed by atoms with Crippen LogP contribution in [-0.2, 0) is 34.8 Å². The first-order valence-corrected chi connectivity index (χ1v) is 18.8. The lowest BCUT2D eigenvalue weighted by molar-refractivity contribution is -0.139. The number of carboxylic acid groups (broad SMARTS) is 2. The number of rotatable bonds is 14. The Labute approximate surface area is 325 Å². The van der Waals surface area contributed by atoms with E-state index in [4.69, 9.17) is 19.4 Å². The molecule has 4 amide bonds. The fourth-order valence-electron chi connectivity index (χ4n) is 6.73. The zero-order valence-corrected chi connectivity index (χ0v) is 31.6. The molecule has 0 saturated carbocycles. The van der Waals surface area contributed by atoms with Gasteiger partial charge in [0.25, 0.3) is 11.8 Å². The van der Waals surface area contributed by atoms with Crippen molar-refractivity contribution in [2.45, 2.75) is 57.3 Å². The van der Waals surface area contributed by atoms with Crippen molar-refractivity contribution in [3.8, 4) is 5.75 Å². The van der Waals surface area contributed by atoms with Crippen LogP contribution in [0.3, 0.4) is 0 Å². The van der Waals surface area contributed by atoms with Crippen LogP contribution in [0.15, 0.2) is 34.3 Å². The van der Waals surface area contributed by atoms with Crippen molar-refractivity contribution < 1.29 is 80.9 Å². The third-order valence-corrected chi connectivity index (χ3v) is 9.97. The first-order valence-electron chi connectivity index (χ1n) is 17.3. The number of carbonyl (C=O) groups excluding carboxylic acids is 4. The summed E-state index contributed by atoms with van der Waals surface area (Å²) in [6, 6.07) is 1.28. The second-order valence-corrected chi connectivity index (χ2v) is 14.8. The number of fused-ring (bicyclic) bond motifs is 5. The first-order chi connectivity index (χ1) is 27.2. The molecule has 1 spiro atoms. The summed E-state index contributed by atoms with van der Waals surface area (Å²) < 4.78 is 54.1. The van der Waals surface area contributed by atoms with Crippen molar-refractivity contribution in [1.82, 2.24) is 24.6 Å². The zero-order chi connectivity index (χ0) is 42.7. The van der Waals surface area contributed by atoms with Gasteiger partial charge in [-0.15, -0.1) is 0 Å². The summed E-state index contributed by atoms with van der Waals surface area (Å²) in [4.78, 5) is 118. The van der Waals surface area contributed by atoms with Gasteiger partial charge in [-0.1, -0.05) is 11.2 Å². The molecule has 58 heavy (non-hydrogen) atoms. The smallest absolute Gasteiger partial charge is 0.472 e. The number of nitrogens with zero attached hydrogens (tertiary/aromatic N) is 5. The third-order valence-electron chi connectivity index (χ3n) is 9.52. The van der Waals surface area contributed by atoms with Gasteiger partial charge in [-0.3, -0.25) is 33.8 Å². The Morgan fingerprint density at radius 1 is 1.07 bits per heavy atom.